The minimum Gasteiger partial charge on any atom is -0.463 e. The summed E-state index contributed by atoms with van der Waals surface area (Å²) >= 11 is 5.95. The van der Waals surface area contributed by atoms with Crippen molar-refractivity contribution in [1.82, 2.24) is 15.1 Å². The van der Waals surface area contributed by atoms with Gasteiger partial charge in [0.05, 0.1) is 12.0 Å². The van der Waals surface area contributed by atoms with Crippen molar-refractivity contribution in [2.24, 2.45) is 0 Å². The van der Waals surface area contributed by atoms with E-state index >= 15 is 0 Å². The third-order valence-electron chi connectivity index (χ3n) is 3.60. The van der Waals surface area contributed by atoms with E-state index in [2.05, 4.69) is 10.4 Å². The molecule has 0 aliphatic heterocycles. The van der Waals surface area contributed by atoms with Gasteiger partial charge < -0.3 is 14.5 Å². The predicted octanol–water partition coefficient (Wildman–Crippen LogP) is 3.55. The molecular weight excluding hydrogens is 342 g/mol. The van der Waals surface area contributed by atoms with Crippen LogP contribution < -0.4 is 5.32 Å². The number of ether oxygens (including phenoxy) is 1. The normalized spacial score (nSPS) is 10.8. The smallest absolute Gasteiger partial charge is 0.271 e. The van der Waals surface area contributed by atoms with Crippen molar-refractivity contribution in [3.63, 3.8) is 0 Å². The summed E-state index contributed by atoms with van der Waals surface area (Å²) in [5.41, 5.74) is 1.79. The lowest BCUT2D eigenvalue weighted by molar-refractivity contribution is 0.0943. The van der Waals surface area contributed by atoms with Crippen molar-refractivity contribution in [2.75, 3.05) is 20.3 Å². The first-order valence-corrected chi connectivity index (χ1v) is 8.24. The Morgan fingerprint density at radius 2 is 2.12 bits per heavy atom. The van der Waals surface area contributed by atoms with Gasteiger partial charge in [-0.1, -0.05) is 11.6 Å². The van der Waals surface area contributed by atoms with Gasteiger partial charge in [-0.05, 0) is 42.8 Å². The third kappa shape index (κ3) is 4.10. The average Bonchev–Trinajstić information content (AvgIpc) is 3.28. The maximum absolute atomic E-state index is 12.3. The van der Waals surface area contributed by atoms with Crippen molar-refractivity contribution in [2.45, 2.75) is 6.42 Å². The largest absolute Gasteiger partial charge is 0.463 e. The maximum Gasteiger partial charge on any atom is 0.271 e. The van der Waals surface area contributed by atoms with Gasteiger partial charge in [0, 0.05) is 31.4 Å². The van der Waals surface area contributed by atoms with Crippen LogP contribution in [0.5, 0.6) is 0 Å². The number of furan rings is 1. The van der Waals surface area contributed by atoms with Gasteiger partial charge in [-0.3, -0.25) is 4.79 Å². The van der Waals surface area contributed by atoms with Gasteiger partial charge in [0.15, 0.2) is 11.5 Å². The summed E-state index contributed by atoms with van der Waals surface area (Å²) in [7, 11) is 1.63. The molecule has 1 amide bonds. The third-order valence-corrected chi connectivity index (χ3v) is 3.85. The summed E-state index contributed by atoms with van der Waals surface area (Å²) in [5, 5.41) is 7.90. The van der Waals surface area contributed by atoms with E-state index in [1.807, 2.05) is 18.2 Å². The molecule has 3 aromatic rings. The number of methoxy groups -OCH3 is 1. The van der Waals surface area contributed by atoms with Crippen LogP contribution >= 0.6 is 11.6 Å². The Hall–Kier alpha value is -2.57. The highest BCUT2D eigenvalue weighted by molar-refractivity contribution is 6.30. The molecule has 0 bridgehead atoms. The molecule has 7 heteroatoms. The number of hydrogen-bond acceptors (Lipinski definition) is 4. The number of aromatic nitrogens is 2. The van der Waals surface area contributed by atoms with E-state index in [-0.39, 0.29) is 5.91 Å². The molecule has 25 heavy (non-hydrogen) atoms. The van der Waals surface area contributed by atoms with Crippen molar-refractivity contribution in [1.29, 1.82) is 0 Å². The summed E-state index contributed by atoms with van der Waals surface area (Å²) in [6.45, 7) is 1.12. The van der Waals surface area contributed by atoms with E-state index in [9.17, 15) is 4.79 Å². The average molecular weight is 360 g/mol. The Morgan fingerprint density at radius 3 is 2.80 bits per heavy atom. The number of nitrogens with zero attached hydrogens (tertiary/aromatic N) is 2. The van der Waals surface area contributed by atoms with Gasteiger partial charge in [0.2, 0.25) is 0 Å². The summed E-state index contributed by atoms with van der Waals surface area (Å²) in [6, 6.07) is 12.5. The first-order chi connectivity index (χ1) is 12.2. The molecule has 0 aliphatic carbocycles. The van der Waals surface area contributed by atoms with Crippen molar-refractivity contribution < 1.29 is 13.9 Å². The van der Waals surface area contributed by atoms with Gasteiger partial charge in [-0.15, -0.1) is 0 Å². The molecule has 1 N–H and O–H groups in total. The van der Waals surface area contributed by atoms with Crippen molar-refractivity contribution in [3.8, 4) is 17.1 Å². The minimum atomic E-state index is -0.239. The second kappa shape index (κ2) is 8.00. The molecule has 2 heterocycles. The summed E-state index contributed by atoms with van der Waals surface area (Å²) < 4.78 is 12.1. The molecule has 0 spiro atoms. The van der Waals surface area contributed by atoms with Crippen LogP contribution in [0.4, 0.5) is 0 Å². The lowest BCUT2D eigenvalue weighted by Gasteiger charge is -2.05. The highest BCUT2D eigenvalue weighted by atomic mass is 35.5. The number of hydrogen-bond donors (Lipinski definition) is 1. The molecule has 130 valence electrons. The Labute approximate surface area is 150 Å². The zero-order chi connectivity index (χ0) is 17.6. The molecule has 0 unspecified atom stereocenters. The molecule has 0 atom stereocenters. The maximum atomic E-state index is 12.3. The predicted molar refractivity (Wildman–Crippen MR) is 95.1 cm³/mol. The van der Waals surface area contributed by atoms with Crippen LogP contribution in [0.2, 0.25) is 5.02 Å². The molecule has 0 radical (unpaired) electrons. The molecule has 1 aromatic carbocycles. The van der Waals surface area contributed by atoms with Crippen LogP contribution in [0.15, 0.2) is 53.1 Å². The number of carbonyl (C=O) groups is 1. The second-order valence-electron chi connectivity index (χ2n) is 5.38. The summed E-state index contributed by atoms with van der Waals surface area (Å²) in [5.74, 6) is 0.387. The minimum absolute atomic E-state index is 0.239. The quantitative estimate of drug-likeness (QED) is 0.655. The van der Waals surface area contributed by atoms with Gasteiger partial charge in [-0.25, -0.2) is 4.68 Å². The highest BCUT2D eigenvalue weighted by Crippen LogP contribution is 2.25. The van der Waals surface area contributed by atoms with Crippen LogP contribution in [0, 0.1) is 0 Å². The lowest BCUT2D eigenvalue weighted by atomic mass is 10.2. The van der Waals surface area contributed by atoms with Crippen molar-refractivity contribution in [3.05, 3.63) is 59.4 Å². The number of halogens is 1. The van der Waals surface area contributed by atoms with Crippen molar-refractivity contribution >= 4 is 17.5 Å². The van der Waals surface area contributed by atoms with Gasteiger partial charge in [-0.2, -0.15) is 5.10 Å². The zero-order valence-electron chi connectivity index (χ0n) is 13.7. The van der Waals surface area contributed by atoms with E-state index in [0.29, 0.717) is 35.3 Å². The molecule has 3 rings (SSSR count). The fraction of sp³-hybridized carbons (Fsp3) is 0.222. The number of benzene rings is 1. The standard InChI is InChI=1S/C18H18ClN3O3/c1-24-10-3-9-20-18(23)15-12-16(17-4-2-11-25-17)22(21-15)14-7-5-13(19)6-8-14/h2,4-8,11-12H,3,9-10H2,1H3,(H,20,23). The van der Waals surface area contributed by atoms with Gasteiger partial charge in [0.1, 0.15) is 5.69 Å². The molecular formula is C18H18ClN3O3. The topological polar surface area (TPSA) is 69.3 Å². The zero-order valence-corrected chi connectivity index (χ0v) is 14.5. The van der Waals surface area contributed by atoms with Crippen LogP contribution in [-0.4, -0.2) is 35.9 Å². The van der Waals surface area contributed by atoms with Crippen LogP contribution in [-0.2, 0) is 4.74 Å². The fourth-order valence-electron chi connectivity index (χ4n) is 2.38. The number of amides is 1. The molecule has 0 saturated heterocycles. The van der Waals surface area contributed by atoms with E-state index in [4.69, 9.17) is 20.8 Å². The Bertz CT molecular complexity index is 826. The van der Waals surface area contributed by atoms with E-state index in [1.165, 1.54) is 0 Å². The van der Waals surface area contributed by atoms with Crippen LogP contribution in [0.1, 0.15) is 16.9 Å². The monoisotopic (exact) mass is 359 g/mol. The number of nitrogens with one attached hydrogen (secondary N) is 1. The molecule has 0 aliphatic rings. The Balaban J connectivity index is 1.89. The SMILES string of the molecule is COCCCNC(=O)c1cc(-c2ccco2)n(-c2ccc(Cl)cc2)n1. The Morgan fingerprint density at radius 1 is 1.32 bits per heavy atom. The number of carbonyl (C=O) groups excluding carboxylic acids is 1. The lowest BCUT2D eigenvalue weighted by Crippen LogP contribution is -2.25. The molecule has 6 nitrogen and oxygen atoms in total. The Kier molecular flexibility index (Phi) is 5.53. The van der Waals surface area contributed by atoms with E-state index in [1.54, 1.807) is 42.3 Å². The van der Waals surface area contributed by atoms with E-state index in [0.717, 1.165) is 12.1 Å². The van der Waals surface area contributed by atoms with E-state index < -0.39 is 0 Å². The highest BCUT2D eigenvalue weighted by Gasteiger charge is 2.18. The summed E-state index contributed by atoms with van der Waals surface area (Å²) in [4.78, 5) is 12.3. The first kappa shape index (κ1) is 17.3. The molecule has 2 aromatic heterocycles. The van der Waals surface area contributed by atoms with Gasteiger partial charge >= 0.3 is 0 Å². The molecule has 0 fully saturated rings. The molecule has 0 saturated carbocycles. The van der Waals surface area contributed by atoms with Gasteiger partial charge in [0.25, 0.3) is 5.91 Å². The van der Waals surface area contributed by atoms with Crippen LogP contribution in [0.3, 0.4) is 0 Å². The number of rotatable bonds is 7. The van der Waals surface area contributed by atoms with Crippen LogP contribution in [0.25, 0.3) is 17.1 Å². The fourth-order valence-corrected chi connectivity index (χ4v) is 2.51. The first-order valence-electron chi connectivity index (χ1n) is 7.86. The summed E-state index contributed by atoms with van der Waals surface area (Å²) in [6.07, 6.45) is 2.32. The second-order valence-corrected chi connectivity index (χ2v) is 5.82.